The normalized spacial score (nSPS) is 10.0. The van der Waals surface area contributed by atoms with Crippen molar-refractivity contribution in [3.05, 3.63) is 53.1 Å². The standard InChI is InChI=1S/C19H20ClNO6/c1-24-15-7-8-16(17(11-15)25-2)19(23)27-12-18(22)21-9-10-26-14-5-3-13(20)4-6-14/h3-8,11H,9-10,12H2,1-2H3,(H,21,22). The number of hydrogen-bond acceptors (Lipinski definition) is 6. The topological polar surface area (TPSA) is 83.1 Å². The van der Waals surface area contributed by atoms with Gasteiger partial charge in [0.05, 0.1) is 20.8 Å². The zero-order valence-electron chi connectivity index (χ0n) is 15.0. The lowest BCUT2D eigenvalue weighted by atomic mass is 10.2. The van der Waals surface area contributed by atoms with Gasteiger partial charge in [0.2, 0.25) is 0 Å². The summed E-state index contributed by atoms with van der Waals surface area (Å²) in [6.07, 6.45) is 0. The molecule has 0 saturated heterocycles. The van der Waals surface area contributed by atoms with Crippen molar-refractivity contribution in [1.29, 1.82) is 0 Å². The Morgan fingerprint density at radius 1 is 1.00 bits per heavy atom. The lowest BCUT2D eigenvalue weighted by molar-refractivity contribution is -0.124. The lowest BCUT2D eigenvalue weighted by Gasteiger charge is -2.11. The van der Waals surface area contributed by atoms with Crippen LogP contribution in [-0.4, -0.2) is 45.9 Å². The predicted molar refractivity (Wildman–Crippen MR) is 99.8 cm³/mol. The molecule has 2 aromatic rings. The minimum Gasteiger partial charge on any atom is -0.497 e. The van der Waals surface area contributed by atoms with Crippen molar-refractivity contribution in [3.8, 4) is 17.2 Å². The van der Waals surface area contributed by atoms with E-state index in [0.717, 1.165) is 0 Å². The van der Waals surface area contributed by atoms with Crippen LogP contribution in [0.25, 0.3) is 0 Å². The Morgan fingerprint density at radius 2 is 1.70 bits per heavy atom. The van der Waals surface area contributed by atoms with Gasteiger partial charge in [0.1, 0.15) is 29.4 Å². The van der Waals surface area contributed by atoms with Crippen LogP contribution in [0.1, 0.15) is 10.4 Å². The molecule has 0 aliphatic carbocycles. The summed E-state index contributed by atoms with van der Waals surface area (Å²) in [5.41, 5.74) is 0.206. The van der Waals surface area contributed by atoms with Gasteiger partial charge in [-0.3, -0.25) is 4.79 Å². The van der Waals surface area contributed by atoms with Crippen LogP contribution in [0.5, 0.6) is 17.2 Å². The molecule has 0 radical (unpaired) electrons. The third kappa shape index (κ3) is 6.38. The first kappa shape index (κ1) is 20.4. The number of carbonyl (C=O) groups is 2. The van der Waals surface area contributed by atoms with Crippen LogP contribution in [0, 0.1) is 0 Å². The molecule has 0 aromatic heterocycles. The molecular formula is C19H20ClNO6. The van der Waals surface area contributed by atoms with Gasteiger partial charge >= 0.3 is 5.97 Å². The third-order valence-corrected chi connectivity index (χ3v) is 3.72. The molecule has 0 aliphatic heterocycles. The van der Waals surface area contributed by atoms with E-state index in [1.54, 1.807) is 36.4 Å². The Bertz CT molecular complexity index is 778. The molecule has 0 heterocycles. The summed E-state index contributed by atoms with van der Waals surface area (Å²) in [4.78, 5) is 23.9. The molecule has 0 atom stereocenters. The number of halogens is 1. The van der Waals surface area contributed by atoms with Crippen LogP contribution in [0.3, 0.4) is 0 Å². The van der Waals surface area contributed by atoms with Crippen molar-refractivity contribution in [2.75, 3.05) is 34.0 Å². The number of nitrogens with one attached hydrogen (secondary N) is 1. The Labute approximate surface area is 162 Å². The van der Waals surface area contributed by atoms with Crippen LogP contribution in [-0.2, 0) is 9.53 Å². The number of ether oxygens (including phenoxy) is 4. The monoisotopic (exact) mass is 393 g/mol. The Hall–Kier alpha value is -2.93. The molecule has 0 spiro atoms. The third-order valence-electron chi connectivity index (χ3n) is 3.47. The first-order chi connectivity index (χ1) is 13.0. The van der Waals surface area contributed by atoms with Crippen molar-refractivity contribution in [1.82, 2.24) is 5.32 Å². The quantitative estimate of drug-likeness (QED) is 0.521. The molecule has 0 saturated carbocycles. The smallest absolute Gasteiger partial charge is 0.342 e. The highest BCUT2D eigenvalue weighted by Crippen LogP contribution is 2.25. The van der Waals surface area contributed by atoms with Gasteiger partial charge in [-0.05, 0) is 36.4 Å². The van der Waals surface area contributed by atoms with Gasteiger partial charge in [0.25, 0.3) is 5.91 Å². The van der Waals surface area contributed by atoms with Gasteiger partial charge < -0.3 is 24.3 Å². The van der Waals surface area contributed by atoms with E-state index in [-0.39, 0.29) is 18.7 Å². The van der Waals surface area contributed by atoms with Gasteiger partial charge in [-0.25, -0.2) is 4.79 Å². The van der Waals surface area contributed by atoms with Crippen molar-refractivity contribution in [2.24, 2.45) is 0 Å². The molecule has 8 heteroatoms. The molecule has 144 valence electrons. The molecule has 7 nitrogen and oxygen atoms in total. The molecule has 2 rings (SSSR count). The largest absolute Gasteiger partial charge is 0.497 e. The van der Waals surface area contributed by atoms with Crippen molar-refractivity contribution >= 4 is 23.5 Å². The van der Waals surface area contributed by atoms with E-state index in [0.29, 0.717) is 22.3 Å². The summed E-state index contributed by atoms with van der Waals surface area (Å²) in [6.45, 7) is 0.132. The fraction of sp³-hybridized carbons (Fsp3) is 0.263. The van der Waals surface area contributed by atoms with Crippen molar-refractivity contribution < 1.29 is 28.5 Å². The fourth-order valence-corrected chi connectivity index (χ4v) is 2.24. The summed E-state index contributed by atoms with van der Waals surface area (Å²) in [5.74, 6) is 0.391. The van der Waals surface area contributed by atoms with Crippen molar-refractivity contribution in [2.45, 2.75) is 0 Å². The number of esters is 1. The maximum atomic E-state index is 12.1. The highest BCUT2D eigenvalue weighted by Gasteiger charge is 2.16. The van der Waals surface area contributed by atoms with Crippen LogP contribution >= 0.6 is 11.6 Å². The Kier molecular flexibility index (Phi) is 7.76. The average molecular weight is 394 g/mol. The van der Waals surface area contributed by atoms with Crippen LogP contribution in [0.4, 0.5) is 0 Å². The second-order valence-electron chi connectivity index (χ2n) is 5.29. The van der Waals surface area contributed by atoms with Crippen LogP contribution in [0.2, 0.25) is 5.02 Å². The first-order valence-electron chi connectivity index (χ1n) is 8.07. The van der Waals surface area contributed by atoms with E-state index >= 15 is 0 Å². The van der Waals surface area contributed by atoms with Crippen LogP contribution in [0.15, 0.2) is 42.5 Å². The molecule has 0 aliphatic rings. The van der Waals surface area contributed by atoms with Gasteiger partial charge in [-0.15, -0.1) is 0 Å². The maximum Gasteiger partial charge on any atom is 0.342 e. The number of methoxy groups -OCH3 is 2. The molecular weight excluding hydrogens is 374 g/mol. The number of benzene rings is 2. The van der Waals surface area contributed by atoms with Crippen LogP contribution < -0.4 is 19.5 Å². The minimum atomic E-state index is -0.665. The molecule has 0 bridgehead atoms. The number of amides is 1. The zero-order chi connectivity index (χ0) is 19.6. The van der Waals surface area contributed by atoms with E-state index in [1.807, 2.05) is 0 Å². The molecule has 0 fully saturated rings. The number of rotatable bonds is 9. The summed E-state index contributed by atoms with van der Waals surface area (Å²) in [5, 5.41) is 3.22. The van der Waals surface area contributed by atoms with Crippen molar-refractivity contribution in [3.63, 3.8) is 0 Å². The van der Waals surface area contributed by atoms with E-state index in [1.165, 1.54) is 20.3 Å². The fourth-order valence-electron chi connectivity index (χ4n) is 2.12. The summed E-state index contributed by atoms with van der Waals surface area (Å²) < 4.78 is 20.7. The Morgan fingerprint density at radius 3 is 2.37 bits per heavy atom. The Balaban J connectivity index is 1.73. The second-order valence-corrected chi connectivity index (χ2v) is 5.73. The van der Waals surface area contributed by atoms with E-state index < -0.39 is 18.5 Å². The predicted octanol–water partition coefficient (Wildman–Crippen LogP) is 2.71. The van der Waals surface area contributed by atoms with Gasteiger partial charge in [-0.2, -0.15) is 0 Å². The van der Waals surface area contributed by atoms with Gasteiger partial charge in [-0.1, -0.05) is 11.6 Å². The average Bonchev–Trinajstić information content (AvgIpc) is 2.70. The molecule has 1 N–H and O–H groups in total. The van der Waals surface area contributed by atoms with E-state index in [4.69, 9.17) is 30.5 Å². The number of carbonyl (C=O) groups excluding carboxylic acids is 2. The minimum absolute atomic E-state index is 0.206. The lowest BCUT2D eigenvalue weighted by Crippen LogP contribution is -2.32. The number of hydrogen-bond donors (Lipinski definition) is 1. The molecule has 2 aromatic carbocycles. The van der Waals surface area contributed by atoms with E-state index in [2.05, 4.69) is 5.32 Å². The summed E-state index contributed by atoms with van der Waals surface area (Å²) in [6, 6.07) is 11.6. The second kappa shape index (κ2) is 10.3. The summed E-state index contributed by atoms with van der Waals surface area (Å²) >= 11 is 5.79. The van der Waals surface area contributed by atoms with Gasteiger partial charge in [0, 0.05) is 11.1 Å². The zero-order valence-corrected chi connectivity index (χ0v) is 15.7. The molecule has 27 heavy (non-hydrogen) atoms. The van der Waals surface area contributed by atoms with Gasteiger partial charge in [0.15, 0.2) is 6.61 Å². The highest BCUT2D eigenvalue weighted by molar-refractivity contribution is 6.30. The highest BCUT2D eigenvalue weighted by atomic mass is 35.5. The first-order valence-corrected chi connectivity index (χ1v) is 8.45. The molecule has 1 amide bonds. The summed E-state index contributed by atoms with van der Waals surface area (Å²) in [7, 11) is 2.94. The maximum absolute atomic E-state index is 12.1. The molecule has 0 unspecified atom stereocenters. The van der Waals surface area contributed by atoms with E-state index in [9.17, 15) is 9.59 Å². The SMILES string of the molecule is COc1ccc(C(=O)OCC(=O)NCCOc2ccc(Cl)cc2)c(OC)c1.